The van der Waals surface area contributed by atoms with Crippen LogP contribution in [0.5, 0.6) is 0 Å². The first-order valence-corrected chi connectivity index (χ1v) is 7.21. The maximum absolute atomic E-state index is 13.4. The average Bonchev–Trinajstić information content (AvgIpc) is 2.53. The Balaban J connectivity index is 2.13. The van der Waals surface area contributed by atoms with Crippen LogP contribution in [0.2, 0.25) is 0 Å². The third kappa shape index (κ3) is 4.36. The molecule has 1 N–H and O–H groups in total. The minimum Gasteiger partial charge on any atom is -0.369 e. The SMILES string of the molecule is CC[C@@H](C)OCC(=O)Nc1cnccc1-c1cccc(F)c1. The van der Waals surface area contributed by atoms with Crippen molar-refractivity contribution < 1.29 is 13.9 Å². The molecule has 0 aliphatic rings. The molecule has 0 aliphatic heterocycles. The fraction of sp³-hybridized carbons (Fsp3) is 0.294. The van der Waals surface area contributed by atoms with Crippen LogP contribution in [0.3, 0.4) is 0 Å². The highest BCUT2D eigenvalue weighted by Crippen LogP contribution is 2.27. The minimum absolute atomic E-state index is 0.0213. The van der Waals surface area contributed by atoms with E-state index in [2.05, 4.69) is 10.3 Å². The highest BCUT2D eigenvalue weighted by Gasteiger charge is 2.10. The van der Waals surface area contributed by atoms with Gasteiger partial charge in [-0.25, -0.2) is 4.39 Å². The molecule has 1 aromatic heterocycles. The van der Waals surface area contributed by atoms with E-state index in [1.807, 2.05) is 13.8 Å². The Morgan fingerprint density at radius 2 is 2.23 bits per heavy atom. The topological polar surface area (TPSA) is 51.2 Å². The maximum Gasteiger partial charge on any atom is 0.250 e. The first-order valence-electron chi connectivity index (χ1n) is 7.21. The van der Waals surface area contributed by atoms with Crippen LogP contribution in [0.1, 0.15) is 20.3 Å². The monoisotopic (exact) mass is 302 g/mol. The van der Waals surface area contributed by atoms with Crippen LogP contribution < -0.4 is 5.32 Å². The Morgan fingerprint density at radius 1 is 1.41 bits per heavy atom. The molecule has 0 aliphatic carbocycles. The van der Waals surface area contributed by atoms with E-state index in [0.29, 0.717) is 16.8 Å². The largest absolute Gasteiger partial charge is 0.369 e. The summed E-state index contributed by atoms with van der Waals surface area (Å²) in [5.74, 6) is -0.586. The van der Waals surface area contributed by atoms with Gasteiger partial charge in [0.1, 0.15) is 12.4 Å². The first kappa shape index (κ1) is 16.1. The van der Waals surface area contributed by atoms with Gasteiger partial charge in [0.2, 0.25) is 5.91 Å². The molecule has 2 rings (SSSR count). The number of nitrogens with one attached hydrogen (secondary N) is 1. The lowest BCUT2D eigenvalue weighted by Crippen LogP contribution is -2.22. The minimum atomic E-state index is -0.327. The lowest BCUT2D eigenvalue weighted by molar-refractivity contribution is -0.122. The van der Waals surface area contributed by atoms with E-state index in [0.717, 1.165) is 6.42 Å². The van der Waals surface area contributed by atoms with Crippen LogP contribution in [0.15, 0.2) is 42.7 Å². The second-order valence-corrected chi connectivity index (χ2v) is 5.01. The van der Waals surface area contributed by atoms with Gasteiger partial charge in [0, 0.05) is 11.8 Å². The molecule has 22 heavy (non-hydrogen) atoms. The molecule has 1 heterocycles. The van der Waals surface area contributed by atoms with Gasteiger partial charge in [-0.15, -0.1) is 0 Å². The molecule has 0 saturated heterocycles. The summed E-state index contributed by atoms with van der Waals surface area (Å²) in [7, 11) is 0. The van der Waals surface area contributed by atoms with E-state index < -0.39 is 0 Å². The summed E-state index contributed by atoms with van der Waals surface area (Å²) < 4.78 is 18.8. The van der Waals surface area contributed by atoms with Gasteiger partial charge in [-0.3, -0.25) is 9.78 Å². The molecule has 1 amide bonds. The summed E-state index contributed by atoms with van der Waals surface area (Å²) in [6.07, 6.45) is 4.02. The van der Waals surface area contributed by atoms with Crippen molar-refractivity contribution in [1.29, 1.82) is 0 Å². The van der Waals surface area contributed by atoms with Crippen LogP contribution in [-0.2, 0) is 9.53 Å². The zero-order valence-corrected chi connectivity index (χ0v) is 12.7. The van der Waals surface area contributed by atoms with E-state index in [1.54, 1.807) is 30.6 Å². The van der Waals surface area contributed by atoms with Crippen LogP contribution in [0.25, 0.3) is 11.1 Å². The maximum atomic E-state index is 13.4. The number of halogens is 1. The third-order valence-electron chi connectivity index (χ3n) is 3.30. The van der Waals surface area contributed by atoms with Gasteiger partial charge in [-0.05, 0) is 37.1 Å². The van der Waals surface area contributed by atoms with Gasteiger partial charge in [-0.2, -0.15) is 0 Å². The Hall–Kier alpha value is -2.27. The summed E-state index contributed by atoms with van der Waals surface area (Å²) in [5, 5.41) is 2.76. The van der Waals surface area contributed by atoms with Gasteiger partial charge < -0.3 is 10.1 Å². The molecular weight excluding hydrogens is 283 g/mol. The Kier molecular flexibility index (Phi) is 5.61. The second-order valence-electron chi connectivity index (χ2n) is 5.01. The molecule has 116 valence electrons. The van der Waals surface area contributed by atoms with Crippen LogP contribution in [0, 0.1) is 5.82 Å². The quantitative estimate of drug-likeness (QED) is 0.886. The van der Waals surface area contributed by atoms with E-state index in [9.17, 15) is 9.18 Å². The van der Waals surface area contributed by atoms with Gasteiger partial charge in [0.25, 0.3) is 0 Å². The number of amides is 1. The number of benzene rings is 1. The fourth-order valence-corrected chi connectivity index (χ4v) is 1.92. The summed E-state index contributed by atoms with van der Waals surface area (Å²) >= 11 is 0. The van der Waals surface area contributed by atoms with E-state index in [1.165, 1.54) is 12.1 Å². The summed E-state index contributed by atoms with van der Waals surface area (Å²) in [6, 6.07) is 7.94. The molecule has 0 spiro atoms. The molecule has 0 radical (unpaired) electrons. The zero-order chi connectivity index (χ0) is 15.9. The van der Waals surface area contributed by atoms with Crippen molar-refractivity contribution in [3.05, 3.63) is 48.5 Å². The van der Waals surface area contributed by atoms with Crippen molar-refractivity contribution in [3.8, 4) is 11.1 Å². The molecular formula is C17H19FN2O2. The third-order valence-corrected chi connectivity index (χ3v) is 3.30. The fourth-order valence-electron chi connectivity index (χ4n) is 1.92. The van der Waals surface area contributed by atoms with Gasteiger partial charge >= 0.3 is 0 Å². The summed E-state index contributed by atoms with van der Waals surface area (Å²) in [5.41, 5.74) is 1.93. The smallest absolute Gasteiger partial charge is 0.250 e. The second kappa shape index (κ2) is 7.66. The van der Waals surface area contributed by atoms with E-state index in [-0.39, 0.29) is 24.4 Å². The first-order chi connectivity index (χ1) is 10.6. The normalized spacial score (nSPS) is 12.0. The van der Waals surface area contributed by atoms with Gasteiger partial charge in [0.05, 0.1) is 18.0 Å². The van der Waals surface area contributed by atoms with Crippen molar-refractivity contribution in [2.24, 2.45) is 0 Å². The van der Waals surface area contributed by atoms with Crippen molar-refractivity contribution in [2.75, 3.05) is 11.9 Å². The molecule has 5 heteroatoms. The Labute approximate surface area is 129 Å². The van der Waals surface area contributed by atoms with Crippen LogP contribution in [-0.4, -0.2) is 23.6 Å². The van der Waals surface area contributed by atoms with Gasteiger partial charge in [0.15, 0.2) is 0 Å². The number of nitrogens with zero attached hydrogens (tertiary/aromatic N) is 1. The predicted octanol–water partition coefficient (Wildman–Crippen LogP) is 3.64. The van der Waals surface area contributed by atoms with Crippen molar-refractivity contribution in [1.82, 2.24) is 4.98 Å². The van der Waals surface area contributed by atoms with E-state index in [4.69, 9.17) is 4.74 Å². The molecule has 4 nitrogen and oxygen atoms in total. The number of rotatable bonds is 6. The van der Waals surface area contributed by atoms with Crippen molar-refractivity contribution >= 4 is 11.6 Å². The molecule has 0 unspecified atom stereocenters. The number of aromatic nitrogens is 1. The van der Waals surface area contributed by atoms with Crippen molar-refractivity contribution in [2.45, 2.75) is 26.4 Å². The molecule has 0 saturated carbocycles. The summed E-state index contributed by atoms with van der Waals surface area (Å²) in [6.45, 7) is 3.88. The molecule has 1 aromatic carbocycles. The highest BCUT2D eigenvalue weighted by atomic mass is 19.1. The molecule has 0 bridgehead atoms. The highest BCUT2D eigenvalue weighted by molar-refractivity contribution is 5.95. The van der Waals surface area contributed by atoms with Crippen molar-refractivity contribution in [3.63, 3.8) is 0 Å². The lowest BCUT2D eigenvalue weighted by Gasteiger charge is -2.13. The average molecular weight is 302 g/mol. The molecule has 0 fully saturated rings. The standard InChI is InChI=1S/C17H19FN2O2/c1-3-12(2)22-11-17(21)20-16-10-19-8-7-15(16)13-5-4-6-14(18)9-13/h4-10,12H,3,11H2,1-2H3,(H,20,21)/t12-/m1/s1. The Morgan fingerprint density at radius 3 is 2.95 bits per heavy atom. The Bertz CT molecular complexity index is 646. The number of hydrogen-bond acceptors (Lipinski definition) is 3. The van der Waals surface area contributed by atoms with Crippen LogP contribution in [0.4, 0.5) is 10.1 Å². The van der Waals surface area contributed by atoms with E-state index >= 15 is 0 Å². The number of carbonyl (C=O) groups is 1. The number of carbonyl (C=O) groups excluding carboxylic acids is 1. The number of anilines is 1. The van der Waals surface area contributed by atoms with Gasteiger partial charge in [-0.1, -0.05) is 19.1 Å². The molecule has 1 atom stereocenters. The number of ether oxygens (including phenoxy) is 1. The number of pyridine rings is 1. The zero-order valence-electron chi connectivity index (χ0n) is 12.7. The van der Waals surface area contributed by atoms with Crippen LogP contribution >= 0.6 is 0 Å². The number of hydrogen-bond donors (Lipinski definition) is 1. The predicted molar refractivity (Wildman–Crippen MR) is 84.0 cm³/mol. The summed E-state index contributed by atoms with van der Waals surface area (Å²) in [4.78, 5) is 16.0. The lowest BCUT2D eigenvalue weighted by atomic mass is 10.1. The molecule has 2 aromatic rings.